The summed E-state index contributed by atoms with van der Waals surface area (Å²) in [7, 11) is 0. The number of carbonyl (C=O) groups is 3. The van der Waals surface area contributed by atoms with Gasteiger partial charge in [0, 0.05) is 31.2 Å². The molecule has 138 valence electrons. The molecule has 6 heteroatoms. The van der Waals surface area contributed by atoms with E-state index in [4.69, 9.17) is 4.74 Å². The standard InChI is InChI=1S/C20H24N2O4/c23-18-11-15(12-22(18)16-6-2-3-7-16)20(25)26-13-19(24)21-10-9-14-5-1-4-8-17(14)21/h1,4-5,8,15-16H,2-3,6-7,9-13H2/t15-/m1/s1. The van der Waals surface area contributed by atoms with E-state index >= 15 is 0 Å². The van der Waals surface area contributed by atoms with Crippen molar-refractivity contribution in [1.29, 1.82) is 0 Å². The quantitative estimate of drug-likeness (QED) is 0.773. The Morgan fingerprint density at radius 3 is 2.73 bits per heavy atom. The summed E-state index contributed by atoms with van der Waals surface area (Å²) in [6, 6.07) is 8.06. The van der Waals surface area contributed by atoms with Crippen LogP contribution in [0.3, 0.4) is 0 Å². The van der Waals surface area contributed by atoms with Crippen LogP contribution < -0.4 is 4.90 Å². The minimum atomic E-state index is -0.443. The molecule has 0 aromatic heterocycles. The van der Waals surface area contributed by atoms with Gasteiger partial charge in [-0.3, -0.25) is 14.4 Å². The molecule has 2 heterocycles. The van der Waals surface area contributed by atoms with Crippen LogP contribution >= 0.6 is 0 Å². The van der Waals surface area contributed by atoms with Gasteiger partial charge in [0.1, 0.15) is 0 Å². The van der Waals surface area contributed by atoms with Gasteiger partial charge in [-0.25, -0.2) is 0 Å². The summed E-state index contributed by atoms with van der Waals surface area (Å²) in [6.07, 6.45) is 5.38. The molecule has 1 aliphatic carbocycles. The van der Waals surface area contributed by atoms with Crippen molar-refractivity contribution in [2.24, 2.45) is 5.92 Å². The zero-order valence-corrected chi connectivity index (χ0v) is 14.9. The molecule has 1 saturated heterocycles. The van der Waals surface area contributed by atoms with Gasteiger partial charge in [-0.15, -0.1) is 0 Å². The number of anilines is 1. The molecule has 0 bridgehead atoms. The lowest BCUT2D eigenvalue weighted by Gasteiger charge is -2.23. The Bertz CT molecular complexity index is 726. The molecule has 3 aliphatic rings. The van der Waals surface area contributed by atoms with E-state index in [-0.39, 0.29) is 30.9 Å². The minimum absolute atomic E-state index is 0.0404. The fourth-order valence-corrected chi connectivity index (χ4v) is 4.38. The highest BCUT2D eigenvalue weighted by Crippen LogP contribution is 2.30. The molecule has 1 aromatic carbocycles. The van der Waals surface area contributed by atoms with Gasteiger partial charge in [0.2, 0.25) is 5.91 Å². The van der Waals surface area contributed by atoms with Crippen molar-refractivity contribution in [3.63, 3.8) is 0 Å². The number of amides is 2. The molecule has 1 saturated carbocycles. The van der Waals surface area contributed by atoms with Crippen molar-refractivity contribution >= 4 is 23.5 Å². The fourth-order valence-electron chi connectivity index (χ4n) is 4.38. The average molecular weight is 356 g/mol. The predicted octanol–water partition coefficient (Wildman–Crippen LogP) is 1.91. The molecule has 2 amide bonds. The van der Waals surface area contributed by atoms with E-state index in [0.29, 0.717) is 13.1 Å². The lowest BCUT2D eigenvalue weighted by atomic mass is 10.1. The molecule has 2 fully saturated rings. The average Bonchev–Trinajstić information content (AvgIpc) is 3.38. The first-order valence-corrected chi connectivity index (χ1v) is 9.48. The third-order valence-electron chi connectivity index (χ3n) is 5.78. The number of fused-ring (bicyclic) bond motifs is 1. The van der Waals surface area contributed by atoms with Gasteiger partial charge in [-0.1, -0.05) is 31.0 Å². The maximum absolute atomic E-state index is 12.4. The molecular weight excluding hydrogens is 332 g/mol. The lowest BCUT2D eigenvalue weighted by Crippen LogP contribution is -2.36. The van der Waals surface area contributed by atoms with Crippen molar-refractivity contribution in [1.82, 2.24) is 4.90 Å². The van der Waals surface area contributed by atoms with E-state index in [1.807, 2.05) is 29.2 Å². The van der Waals surface area contributed by atoms with E-state index in [2.05, 4.69) is 0 Å². The Labute approximate surface area is 153 Å². The van der Waals surface area contributed by atoms with Gasteiger partial charge in [0.25, 0.3) is 5.91 Å². The molecule has 1 aromatic rings. The van der Waals surface area contributed by atoms with Gasteiger partial charge >= 0.3 is 5.97 Å². The second kappa shape index (κ2) is 7.09. The van der Waals surface area contributed by atoms with E-state index in [1.54, 1.807) is 4.90 Å². The van der Waals surface area contributed by atoms with Gasteiger partial charge in [-0.2, -0.15) is 0 Å². The number of carbonyl (C=O) groups excluding carboxylic acids is 3. The van der Waals surface area contributed by atoms with Crippen LogP contribution in [0.25, 0.3) is 0 Å². The first kappa shape index (κ1) is 17.1. The van der Waals surface area contributed by atoms with Crippen LogP contribution in [0.4, 0.5) is 5.69 Å². The predicted molar refractivity (Wildman–Crippen MR) is 95.5 cm³/mol. The highest BCUT2D eigenvalue weighted by atomic mass is 16.5. The van der Waals surface area contributed by atoms with Gasteiger partial charge < -0.3 is 14.5 Å². The van der Waals surface area contributed by atoms with E-state index in [1.165, 1.54) is 0 Å². The number of nitrogens with zero attached hydrogens (tertiary/aromatic N) is 2. The van der Waals surface area contributed by atoms with Crippen LogP contribution in [-0.2, 0) is 25.5 Å². The summed E-state index contributed by atoms with van der Waals surface area (Å²) in [5.74, 6) is -1.04. The van der Waals surface area contributed by atoms with Gasteiger partial charge in [0.15, 0.2) is 6.61 Å². The van der Waals surface area contributed by atoms with E-state index < -0.39 is 11.9 Å². The second-order valence-electron chi connectivity index (χ2n) is 7.42. The zero-order valence-electron chi connectivity index (χ0n) is 14.9. The fraction of sp³-hybridized carbons (Fsp3) is 0.550. The number of ether oxygens (including phenoxy) is 1. The monoisotopic (exact) mass is 356 g/mol. The van der Waals surface area contributed by atoms with Crippen LogP contribution in [0.15, 0.2) is 24.3 Å². The largest absolute Gasteiger partial charge is 0.455 e. The topological polar surface area (TPSA) is 66.9 Å². The Morgan fingerprint density at radius 2 is 1.92 bits per heavy atom. The number of benzene rings is 1. The molecule has 0 unspecified atom stereocenters. The SMILES string of the molecule is O=C(OCC(=O)N1CCc2ccccc21)[C@@H]1CC(=O)N(C2CCCC2)C1. The molecule has 1 atom stereocenters. The third kappa shape index (κ3) is 3.20. The van der Waals surface area contributed by atoms with Gasteiger partial charge in [0.05, 0.1) is 5.92 Å². The van der Waals surface area contributed by atoms with Crippen LogP contribution in [0.2, 0.25) is 0 Å². The molecule has 6 nitrogen and oxygen atoms in total. The van der Waals surface area contributed by atoms with Gasteiger partial charge in [-0.05, 0) is 30.9 Å². The van der Waals surface area contributed by atoms with Crippen molar-refractivity contribution in [3.8, 4) is 0 Å². The Hall–Kier alpha value is -2.37. The van der Waals surface area contributed by atoms with Crippen LogP contribution in [0.5, 0.6) is 0 Å². The van der Waals surface area contributed by atoms with E-state index in [0.717, 1.165) is 43.4 Å². The molecule has 2 aliphatic heterocycles. The highest BCUT2D eigenvalue weighted by molar-refractivity contribution is 5.97. The maximum atomic E-state index is 12.4. The number of esters is 1. The number of hydrogen-bond donors (Lipinski definition) is 0. The van der Waals surface area contributed by atoms with E-state index in [9.17, 15) is 14.4 Å². The zero-order chi connectivity index (χ0) is 18.1. The molecule has 4 rings (SSSR count). The van der Waals surface area contributed by atoms with Crippen molar-refractivity contribution in [3.05, 3.63) is 29.8 Å². The Kier molecular flexibility index (Phi) is 4.66. The van der Waals surface area contributed by atoms with Crippen molar-refractivity contribution < 1.29 is 19.1 Å². The van der Waals surface area contributed by atoms with Crippen LogP contribution in [0.1, 0.15) is 37.7 Å². The van der Waals surface area contributed by atoms with Crippen LogP contribution in [0, 0.1) is 5.92 Å². The number of likely N-dealkylation sites (tertiary alicyclic amines) is 1. The number of hydrogen-bond acceptors (Lipinski definition) is 4. The van der Waals surface area contributed by atoms with Crippen molar-refractivity contribution in [2.75, 3.05) is 24.6 Å². The highest BCUT2D eigenvalue weighted by Gasteiger charge is 2.39. The second-order valence-corrected chi connectivity index (χ2v) is 7.42. The Balaban J connectivity index is 1.30. The molecule has 0 spiro atoms. The normalized spacial score (nSPS) is 22.8. The molecule has 0 radical (unpaired) electrons. The summed E-state index contributed by atoms with van der Waals surface area (Å²) in [5.41, 5.74) is 2.04. The lowest BCUT2D eigenvalue weighted by molar-refractivity contribution is -0.151. The minimum Gasteiger partial charge on any atom is -0.455 e. The summed E-state index contributed by atoms with van der Waals surface area (Å²) < 4.78 is 5.27. The first-order chi connectivity index (χ1) is 12.6. The number of para-hydroxylation sites is 1. The smallest absolute Gasteiger partial charge is 0.311 e. The van der Waals surface area contributed by atoms with Crippen molar-refractivity contribution in [2.45, 2.75) is 44.6 Å². The third-order valence-corrected chi connectivity index (χ3v) is 5.78. The molecular formula is C20H24N2O4. The molecule has 26 heavy (non-hydrogen) atoms. The first-order valence-electron chi connectivity index (χ1n) is 9.48. The molecule has 0 N–H and O–H groups in total. The summed E-state index contributed by atoms with van der Waals surface area (Å²) in [4.78, 5) is 40.5. The number of rotatable bonds is 4. The van der Waals surface area contributed by atoms with Crippen LogP contribution in [-0.4, -0.2) is 48.4 Å². The Morgan fingerprint density at radius 1 is 1.15 bits per heavy atom. The summed E-state index contributed by atoms with van der Waals surface area (Å²) in [6.45, 7) is 0.789. The summed E-state index contributed by atoms with van der Waals surface area (Å²) in [5, 5.41) is 0. The maximum Gasteiger partial charge on any atom is 0.311 e. The summed E-state index contributed by atoms with van der Waals surface area (Å²) >= 11 is 0.